The summed E-state index contributed by atoms with van der Waals surface area (Å²) in [7, 11) is 1.52. The molecule has 1 aromatic heterocycles. The summed E-state index contributed by atoms with van der Waals surface area (Å²) in [6.07, 6.45) is -0.766. The zero-order chi connectivity index (χ0) is 11.4. The third-order valence-electron chi connectivity index (χ3n) is 1.92. The quantitative estimate of drug-likeness (QED) is 0.427. The highest BCUT2D eigenvalue weighted by Crippen LogP contribution is 2.24. The predicted octanol–water partition coefficient (Wildman–Crippen LogP) is 2.26. The Morgan fingerprint density at radius 3 is 2.60 bits per heavy atom. The van der Waals surface area contributed by atoms with E-state index in [-0.39, 0.29) is 18.3 Å². The van der Waals surface area contributed by atoms with Gasteiger partial charge >= 0.3 is 5.88 Å². The molecule has 0 aliphatic rings. The molecule has 0 fully saturated rings. The summed E-state index contributed by atoms with van der Waals surface area (Å²) >= 11 is 0. The molecule has 0 aliphatic heterocycles. The summed E-state index contributed by atoms with van der Waals surface area (Å²) in [6.45, 7) is 3.46. The Morgan fingerprint density at radius 1 is 1.47 bits per heavy atom. The zero-order valence-corrected chi connectivity index (χ0v) is 8.80. The first-order valence-electron chi connectivity index (χ1n) is 4.47. The van der Waals surface area contributed by atoms with Crippen LogP contribution in [0.4, 0.5) is 5.88 Å². The molecule has 0 amide bonds. The Morgan fingerprint density at radius 2 is 2.13 bits per heavy atom. The van der Waals surface area contributed by atoms with Gasteiger partial charge in [-0.05, 0) is 19.9 Å². The van der Waals surface area contributed by atoms with Crippen LogP contribution in [0.1, 0.15) is 25.7 Å². The Labute approximate surface area is 86.9 Å². The lowest BCUT2D eigenvalue weighted by Crippen LogP contribution is -2.12. The lowest BCUT2D eigenvalue weighted by atomic mass is 10.3. The van der Waals surface area contributed by atoms with Crippen LogP contribution in [-0.2, 0) is 9.47 Å². The van der Waals surface area contributed by atoms with Crippen molar-refractivity contribution in [3.05, 3.63) is 28.0 Å². The zero-order valence-electron chi connectivity index (χ0n) is 8.80. The smallest absolute Gasteiger partial charge is 0.403 e. The number of hydrogen-bond donors (Lipinski definition) is 0. The third-order valence-corrected chi connectivity index (χ3v) is 1.92. The second-order valence-corrected chi connectivity index (χ2v) is 3.01. The number of nitrogens with zero attached hydrogens (tertiary/aromatic N) is 1. The topological polar surface area (TPSA) is 74.7 Å². The fourth-order valence-electron chi connectivity index (χ4n) is 1.07. The standard InChI is InChI=1S/C9H13NO5/c1-6(14-7(2)13-3)8-4-5-9(15-8)10(11)12/h4-7H,1-3H3. The molecule has 1 heterocycles. The van der Waals surface area contributed by atoms with E-state index in [1.54, 1.807) is 13.8 Å². The van der Waals surface area contributed by atoms with Gasteiger partial charge in [0.1, 0.15) is 16.8 Å². The van der Waals surface area contributed by atoms with Crippen molar-refractivity contribution in [1.29, 1.82) is 0 Å². The molecule has 1 rings (SSSR count). The number of methoxy groups -OCH3 is 1. The van der Waals surface area contributed by atoms with E-state index in [0.29, 0.717) is 5.76 Å². The van der Waals surface area contributed by atoms with E-state index in [1.807, 2.05) is 0 Å². The Hall–Kier alpha value is -1.40. The fourth-order valence-corrected chi connectivity index (χ4v) is 1.07. The first kappa shape index (κ1) is 11.7. The van der Waals surface area contributed by atoms with Crippen molar-refractivity contribution in [3.63, 3.8) is 0 Å². The predicted molar refractivity (Wildman–Crippen MR) is 51.3 cm³/mol. The van der Waals surface area contributed by atoms with Gasteiger partial charge in [-0.15, -0.1) is 0 Å². The highest BCUT2D eigenvalue weighted by Gasteiger charge is 2.18. The van der Waals surface area contributed by atoms with E-state index in [0.717, 1.165) is 0 Å². The minimum absolute atomic E-state index is 0.287. The van der Waals surface area contributed by atoms with Crippen molar-refractivity contribution < 1.29 is 18.8 Å². The second-order valence-electron chi connectivity index (χ2n) is 3.01. The minimum Gasteiger partial charge on any atom is -0.403 e. The molecule has 2 unspecified atom stereocenters. The van der Waals surface area contributed by atoms with Gasteiger partial charge < -0.3 is 13.9 Å². The van der Waals surface area contributed by atoms with Crippen LogP contribution in [0.3, 0.4) is 0 Å². The number of furan rings is 1. The summed E-state index contributed by atoms with van der Waals surface area (Å²) in [6, 6.07) is 2.82. The Balaban J connectivity index is 2.65. The molecule has 0 N–H and O–H groups in total. The van der Waals surface area contributed by atoms with Crippen LogP contribution < -0.4 is 0 Å². The van der Waals surface area contributed by atoms with Gasteiger partial charge in [-0.25, -0.2) is 0 Å². The summed E-state index contributed by atoms with van der Waals surface area (Å²) in [5, 5.41) is 10.4. The summed E-state index contributed by atoms with van der Waals surface area (Å²) < 4.78 is 15.2. The molecule has 6 heteroatoms. The number of hydrogen-bond acceptors (Lipinski definition) is 5. The van der Waals surface area contributed by atoms with Gasteiger partial charge in [-0.1, -0.05) is 0 Å². The highest BCUT2D eigenvalue weighted by atomic mass is 16.7. The van der Waals surface area contributed by atoms with E-state index in [9.17, 15) is 10.1 Å². The van der Waals surface area contributed by atoms with Crippen molar-refractivity contribution in [2.24, 2.45) is 0 Å². The molecular weight excluding hydrogens is 202 g/mol. The van der Waals surface area contributed by atoms with E-state index >= 15 is 0 Å². The van der Waals surface area contributed by atoms with Crippen molar-refractivity contribution >= 4 is 5.88 Å². The SMILES string of the molecule is COC(C)OC(C)c1ccc([N+](=O)[O-])o1. The maximum atomic E-state index is 10.4. The third kappa shape index (κ3) is 3.03. The van der Waals surface area contributed by atoms with Gasteiger partial charge in [0.05, 0.1) is 6.07 Å². The monoisotopic (exact) mass is 215 g/mol. The lowest BCUT2D eigenvalue weighted by Gasteiger charge is -2.15. The first-order chi connectivity index (χ1) is 7.04. The number of nitro groups is 1. The molecule has 6 nitrogen and oxygen atoms in total. The van der Waals surface area contributed by atoms with Crippen LogP contribution in [0.2, 0.25) is 0 Å². The van der Waals surface area contributed by atoms with E-state index < -0.39 is 4.92 Å². The minimum atomic E-state index is -0.587. The highest BCUT2D eigenvalue weighted by molar-refractivity contribution is 5.18. The molecule has 0 saturated carbocycles. The molecular formula is C9H13NO5. The van der Waals surface area contributed by atoms with Crippen LogP contribution in [0.5, 0.6) is 0 Å². The number of rotatable bonds is 5. The summed E-state index contributed by atoms with van der Waals surface area (Å²) in [4.78, 5) is 9.77. The van der Waals surface area contributed by atoms with Crippen molar-refractivity contribution in [1.82, 2.24) is 0 Å². The van der Waals surface area contributed by atoms with Gasteiger partial charge in [0, 0.05) is 7.11 Å². The van der Waals surface area contributed by atoms with Crippen LogP contribution in [0.25, 0.3) is 0 Å². The van der Waals surface area contributed by atoms with Gasteiger partial charge in [-0.2, -0.15) is 0 Å². The van der Waals surface area contributed by atoms with Crippen LogP contribution >= 0.6 is 0 Å². The first-order valence-corrected chi connectivity index (χ1v) is 4.47. The summed E-state index contributed by atoms with van der Waals surface area (Å²) in [5.41, 5.74) is 0. The van der Waals surface area contributed by atoms with E-state index in [4.69, 9.17) is 13.9 Å². The molecule has 0 saturated heterocycles. The second kappa shape index (κ2) is 4.90. The molecule has 0 bridgehead atoms. The van der Waals surface area contributed by atoms with Crippen molar-refractivity contribution in [2.75, 3.05) is 7.11 Å². The molecule has 2 atom stereocenters. The summed E-state index contributed by atoms with van der Waals surface area (Å²) in [5.74, 6) is 0.121. The van der Waals surface area contributed by atoms with E-state index in [2.05, 4.69) is 0 Å². The molecule has 0 spiro atoms. The van der Waals surface area contributed by atoms with Gasteiger partial charge in [0.2, 0.25) is 0 Å². The van der Waals surface area contributed by atoms with Gasteiger partial charge in [0.25, 0.3) is 0 Å². The Bertz CT molecular complexity index is 335. The molecule has 0 aromatic carbocycles. The van der Waals surface area contributed by atoms with Crippen molar-refractivity contribution in [2.45, 2.75) is 26.2 Å². The molecule has 84 valence electrons. The van der Waals surface area contributed by atoms with Crippen LogP contribution in [0.15, 0.2) is 16.5 Å². The van der Waals surface area contributed by atoms with Crippen molar-refractivity contribution in [3.8, 4) is 0 Å². The largest absolute Gasteiger partial charge is 0.433 e. The normalized spacial score (nSPS) is 14.9. The average Bonchev–Trinajstić information content (AvgIpc) is 2.66. The van der Waals surface area contributed by atoms with Crippen LogP contribution in [-0.4, -0.2) is 18.3 Å². The maximum absolute atomic E-state index is 10.4. The molecule has 0 aliphatic carbocycles. The molecule has 1 aromatic rings. The Kier molecular flexibility index (Phi) is 3.81. The van der Waals surface area contributed by atoms with Gasteiger partial charge in [0.15, 0.2) is 6.29 Å². The molecule has 0 radical (unpaired) electrons. The fraction of sp³-hybridized carbons (Fsp3) is 0.556. The molecule has 15 heavy (non-hydrogen) atoms. The van der Waals surface area contributed by atoms with Crippen LogP contribution in [0, 0.1) is 10.1 Å². The van der Waals surface area contributed by atoms with E-state index in [1.165, 1.54) is 19.2 Å². The average molecular weight is 215 g/mol. The number of ether oxygens (including phenoxy) is 2. The lowest BCUT2D eigenvalue weighted by molar-refractivity contribution is -0.402. The van der Waals surface area contributed by atoms with Gasteiger partial charge in [-0.3, -0.25) is 10.1 Å². The maximum Gasteiger partial charge on any atom is 0.433 e.